The molecule has 0 unspecified atom stereocenters. The van der Waals surface area contributed by atoms with E-state index in [2.05, 4.69) is 27.0 Å². The molecule has 1 aliphatic heterocycles. The average molecular weight is 452 g/mol. The van der Waals surface area contributed by atoms with E-state index in [4.69, 9.17) is 27.9 Å². The average Bonchev–Trinajstić information content (AvgIpc) is 3.16. The highest BCUT2D eigenvalue weighted by Crippen LogP contribution is 2.35. The maximum Gasteiger partial charge on any atom is 0.0594 e. The number of aromatic nitrogens is 2. The van der Waals surface area contributed by atoms with E-state index in [9.17, 15) is 0 Å². The van der Waals surface area contributed by atoms with Crippen LogP contribution in [0.4, 0.5) is 0 Å². The Hall–Kier alpha value is -2.37. The minimum absolute atomic E-state index is 0.728. The van der Waals surface area contributed by atoms with Gasteiger partial charge < -0.3 is 9.72 Å². The first-order chi connectivity index (χ1) is 15.2. The standard InChI is InChI=1S/C25H23Cl2N3O/c26-20-3-1-17(2-4-20)18-13-19(16-28-15-18)25-22-6-5-21(27)14-24(22)29-23(25)7-8-30-9-11-31-12-10-30/h1-6,13-16,29H,7-12H2. The van der Waals surface area contributed by atoms with Crippen molar-refractivity contribution in [2.75, 3.05) is 32.8 Å². The van der Waals surface area contributed by atoms with Crippen LogP contribution in [0.15, 0.2) is 60.9 Å². The predicted molar refractivity (Wildman–Crippen MR) is 128 cm³/mol. The van der Waals surface area contributed by atoms with Gasteiger partial charge in [-0.3, -0.25) is 9.88 Å². The minimum atomic E-state index is 0.728. The number of halogens is 2. The SMILES string of the molecule is Clc1ccc(-c2cncc(-c3c(CCN4CCOCC4)[nH]c4cc(Cl)ccc34)c2)cc1. The summed E-state index contributed by atoms with van der Waals surface area (Å²) in [5.74, 6) is 0. The molecule has 5 rings (SSSR count). The van der Waals surface area contributed by atoms with Crippen LogP contribution < -0.4 is 0 Å². The lowest BCUT2D eigenvalue weighted by Crippen LogP contribution is -2.37. The molecule has 1 aliphatic rings. The van der Waals surface area contributed by atoms with Gasteiger partial charge in [0.15, 0.2) is 0 Å². The summed E-state index contributed by atoms with van der Waals surface area (Å²) < 4.78 is 5.49. The first kappa shape index (κ1) is 20.5. The summed E-state index contributed by atoms with van der Waals surface area (Å²) in [5.41, 5.74) is 6.71. The van der Waals surface area contributed by atoms with Gasteiger partial charge in [0.2, 0.25) is 0 Å². The smallest absolute Gasteiger partial charge is 0.0594 e. The monoisotopic (exact) mass is 451 g/mol. The summed E-state index contributed by atoms with van der Waals surface area (Å²) in [7, 11) is 0. The number of fused-ring (bicyclic) bond motifs is 1. The number of aromatic amines is 1. The zero-order valence-corrected chi connectivity index (χ0v) is 18.6. The van der Waals surface area contributed by atoms with Crippen molar-refractivity contribution in [1.29, 1.82) is 0 Å². The Kier molecular flexibility index (Phi) is 5.97. The summed E-state index contributed by atoms with van der Waals surface area (Å²) in [6.45, 7) is 4.57. The van der Waals surface area contributed by atoms with Crippen LogP contribution in [0.2, 0.25) is 10.0 Å². The predicted octanol–water partition coefficient (Wildman–Crippen LogP) is 6.08. The molecule has 6 heteroatoms. The summed E-state index contributed by atoms with van der Waals surface area (Å²) >= 11 is 12.3. The summed E-state index contributed by atoms with van der Waals surface area (Å²) in [5, 5.41) is 2.62. The molecule has 4 aromatic rings. The molecule has 0 aliphatic carbocycles. The fourth-order valence-electron chi connectivity index (χ4n) is 4.21. The molecule has 0 bridgehead atoms. The summed E-state index contributed by atoms with van der Waals surface area (Å²) in [4.78, 5) is 10.6. The van der Waals surface area contributed by atoms with Gasteiger partial charge in [-0.05, 0) is 35.9 Å². The lowest BCUT2D eigenvalue weighted by molar-refractivity contribution is 0.0384. The van der Waals surface area contributed by atoms with Crippen LogP contribution in [-0.2, 0) is 11.2 Å². The van der Waals surface area contributed by atoms with Crippen molar-refractivity contribution in [2.24, 2.45) is 0 Å². The maximum absolute atomic E-state index is 6.28. The van der Waals surface area contributed by atoms with Gasteiger partial charge in [-0.25, -0.2) is 0 Å². The van der Waals surface area contributed by atoms with E-state index in [0.29, 0.717) is 0 Å². The Bertz CT molecular complexity index is 1200. The van der Waals surface area contributed by atoms with Crippen molar-refractivity contribution < 1.29 is 4.74 Å². The molecule has 0 radical (unpaired) electrons. The molecular weight excluding hydrogens is 429 g/mol. The van der Waals surface area contributed by atoms with Gasteiger partial charge in [-0.15, -0.1) is 0 Å². The van der Waals surface area contributed by atoms with Crippen LogP contribution in [0.3, 0.4) is 0 Å². The second-order valence-electron chi connectivity index (χ2n) is 7.84. The van der Waals surface area contributed by atoms with E-state index in [1.807, 2.05) is 48.8 Å². The van der Waals surface area contributed by atoms with Crippen LogP contribution in [0.25, 0.3) is 33.2 Å². The minimum Gasteiger partial charge on any atom is -0.379 e. The van der Waals surface area contributed by atoms with Crippen molar-refractivity contribution in [1.82, 2.24) is 14.9 Å². The van der Waals surface area contributed by atoms with Gasteiger partial charge >= 0.3 is 0 Å². The highest BCUT2D eigenvalue weighted by Gasteiger charge is 2.17. The Morgan fingerprint density at radius 1 is 0.871 bits per heavy atom. The Labute approximate surface area is 191 Å². The molecule has 31 heavy (non-hydrogen) atoms. The van der Waals surface area contributed by atoms with Crippen LogP contribution >= 0.6 is 23.2 Å². The largest absolute Gasteiger partial charge is 0.379 e. The zero-order valence-electron chi connectivity index (χ0n) is 17.1. The number of nitrogens with zero attached hydrogens (tertiary/aromatic N) is 2. The van der Waals surface area contributed by atoms with Crippen molar-refractivity contribution in [2.45, 2.75) is 6.42 Å². The number of morpholine rings is 1. The highest BCUT2D eigenvalue weighted by molar-refractivity contribution is 6.31. The normalized spacial score (nSPS) is 14.9. The van der Waals surface area contributed by atoms with E-state index in [0.717, 1.165) is 76.9 Å². The van der Waals surface area contributed by atoms with E-state index in [-0.39, 0.29) is 0 Å². The summed E-state index contributed by atoms with van der Waals surface area (Å²) in [6, 6.07) is 16.1. The van der Waals surface area contributed by atoms with Crippen molar-refractivity contribution in [3.8, 4) is 22.3 Å². The Morgan fingerprint density at radius 3 is 2.42 bits per heavy atom. The van der Waals surface area contributed by atoms with E-state index < -0.39 is 0 Å². The van der Waals surface area contributed by atoms with Crippen LogP contribution in [-0.4, -0.2) is 47.7 Å². The van der Waals surface area contributed by atoms with E-state index in [1.54, 1.807) is 0 Å². The molecule has 2 aromatic carbocycles. The number of hydrogen-bond donors (Lipinski definition) is 1. The molecule has 0 spiro atoms. The number of nitrogens with one attached hydrogen (secondary N) is 1. The topological polar surface area (TPSA) is 41.2 Å². The molecule has 1 saturated heterocycles. The van der Waals surface area contributed by atoms with Crippen LogP contribution in [0, 0.1) is 0 Å². The van der Waals surface area contributed by atoms with Crippen LogP contribution in [0.5, 0.6) is 0 Å². The molecule has 2 aromatic heterocycles. The van der Waals surface area contributed by atoms with Crippen molar-refractivity contribution >= 4 is 34.1 Å². The molecule has 3 heterocycles. The second kappa shape index (κ2) is 9.01. The quantitative estimate of drug-likeness (QED) is 0.399. The zero-order chi connectivity index (χ0) is 21.2. The third kappa shape index (κ3) is 4.48. The van der Waals surface area contributed by atoms with Crippen LogP contribution in [0.1, 0.15) is 5.69 Å². The molecule has 4 nitrogen and oxygen atoms in total. The number of benzene rings is 2. The van der Waals surface area contributed by atoms with Crippen molar-refractivity contribution in [3.05, 3.63) is 76.7 Å². The van der Waals surface area contributed by atoms with Gasteiger partial charge in [0.25, 0.3) is 0 Å². The molecule has 1 fully saturated rings. The fourth-order valence-corrected chi connectivity index (χ4v) is 4.51. The number of H-pyrrole nitrogens is 1. The number of hydrogen-bond acceptors (Lipinski definition) is 3. The van der Waals surface area contributed by atoms with E-state index in [1.165, 1.54) is 11.3 Å². The Balaban J connectivity index is 1.54. The molecule has 0 atom stereocenters. The first-order valence-corrected chi connectivity index (χ1v) is 11.2. The third-order valence-corrected chi connectivity index (χ3v) is 6.31. The van der Waals surface area contributed by atoms with Crippen molar-refractivity contribution in [3.63, 3.8) is 0 Å². The van der Waals surface area contributed by atoms with Gasteiger partial charge in [-0.1, -0.05) is 41.4 Å². The second-order valence-corrected chi connectivity index (χ2v) is 8.71. The lowest BCUT2D eigenvalue weighted by atomic mass is 9.98. The Morgan fingerprint density at radius 2 is 1.61 bits per heavy atom. The number of pyridine rings is 1. The first-order valence-electron chi connectivity index (χ1n) is 10.5. The molecule has 0 saturated carbocycles. The fraction of sp³-hybridized carbons (Fsp3) is 0.240. The molecule has 1 N–H and O–H groups in total. The van der Waals surface area contributed by atoms with Gasteiger partial charge in [0.1, 0.15) is 0 Å². The maximum atomic E-state index is 6.28. The highest BCUT2D eigenvalue weighted by atomic mass is 35.5. The molecule has 158 valence electrons. The molecule has 0 amide bonds. The number of rotatable bonds is 5. The lowest BCUT2D eigenvalue weighted by Gasteiger charge is -2.26. The molecular formula is C25H23Cl2N3O. The van der Waals surface area contributed by atoms with Gasteiger partial charge in [0.05, 0.1) is 13.2 Å². The van der Waals surface area contributed by atoms with Gasteiger partial charge in [0, 0.05) is 81.8 Å². The third-order valence-electron chi connectivity index (χ3n) is 5.82. The summed E-state index contributed by atoms with van der Waals surface area (Å²) in [6.07, 6.45) is 4.76. The van der Waals surface area contributed by atoms with E-state index >= 15 is 0 Å². The number of ether oxygens (including phenoxy) is 1. The van der Waals surface area contributed by atoms with Gasteiger partial charge in [-0.2, -0.15) is 0 Å².